The molecule has 0 saturated carbocycles. The summed E-state index contributed by atoms with van der Waals surface area (Å²) in [5.41, 5.74) is 17.2. The van der Waals surface area contributed by atoms with Crippen molar-refractivity contribution in [3.05, 3.63) is 205 Å². The summed E-state index contributed by atoms with van der Waals surface area (Å²) in [6.45, 7) is 6.83. The molecule has 2 aliphatic heterocycles. The van der Waals surface area contributed by atoms with Gasteiger partial charge < -0.3 is 14.5 Å². The first-order valence-corrected chi connectivity index (χ1v) is 19.0. The minimum atomic E-state index is -0.200. The van der Waals surface area contributed by atoms with Gasteiger partial charge in [0.25, 0.3) is 0 Å². The monoisotopic (exact) mass is 708 g/mol. The minimum Gasteiger partial charge on any atom is -0.452 e. The first-order chi connectivity index (χ1) is 27.0. The van der Waals surface area contributed by atoms with Crippen LogP contribution in [0.5, 0.6) is 11.5 Å². The van der Waals surface area contributed by atoms with Crippen LogP contribution in [0.15, 0.2) is 188 Å². The minimum absolute atomic E-state index is 0.200. The Kier molecular flexibility index (Phi) is 7.71. The Morgan fingerprint density at radius 3 is 1.85 bits per heavy atom. The van der Waals surface area contributed by atoms with E-state index in [0.29, 0.717) is 0 Å². The molecule has 0 N–H and O–H groups in total. The summed E-state index contributed by atoms with van der Waals surface area (Å²) in [6.07, 6.45) is 0. The number of anilines is 6. The van der Waals surface area contributed by atoms with Crippen LogP contribution in [0.25, 0.3) is 33.4 Å². The van der Waals surface area contributed by atoms with Gasteiger partial charge in [-0.3, -0.25) is 0 Å². The summed E-state index contributed by atoms with van der Waals surface area (Å²) in [6, 6.07) is 67.5. The molecule has 0 fully saturated rings. The molecule has 0 radical (unpaired) electrons. The first kappa shape index (κ1) is 32.8. The summed E-state index contributed by atoms with van der Waals surface area (Å²) in [7, 11) is 0. The van der Waals surface area contributed by atoms with Gasteiger partial charge in [-0.25, -0.2) is 0 Å². The highest BCUT2D eigenvalue weighted by Gasteiger charge is 2.42. The van der Waals surface area contributed by atoms with E-state index in [2.05, 4.69) is 219 Å². The highest BCUT2D eigenvalue weighted by atomic mass is 16.5. The fourth-order valence-electron chi connectivity index (χ4n) is 8.58. The number of nitrogens with zero attached hydrogens (tertiary/aromatic N) is 2. The number of para-hydroxylation sites is 3. The van der Waals surface area contributed by atoms with E-state index in [0.717, 1.165) is 62.2 Å². The van der Waals surface area contributed by atoms with Gasteiger partial charge in [0, 0.05) is 28.0 Å². The van der Waals surface area contributed by atoms with Crippen molar-refractivity contribution in [1.29, 1.82) is 0 Å². The smallest absolute Gasteiger partial charge is 0.159 e. The van der Waals surface area contributed by atoms with Gasteiger partial charge >= 0.3 is 0 Å². The number of rotatable bonds is 6. The van der Waals surface area contributed by atoms with Gasteiger partial charge in [-0.1, -0.05) is 147 Å². The van der Waals surface area contributed by atoms with Crippen molar-refractivity contribution in [2.24, 2.45) is 0 Å². The predicted octanol–water partition coefficient (Wildman–Crippen LogP) is 14.7. The fraction of sp³-hybridized carbons (Fsp3) is 0.0769. The SMILES string of the molecule is Cc1cccc2c1N1c3ccccc3C(C)(C)c3ccc(-c4cccc(-c5cccc(N(c6ccccc6)c6ccc(-c7ccccc7)cc6)c5)c4)c(c31)O2. The van der Waals surface area contributed by atoms with Crippen molar-refractivity contribution in [1.82, 2.24) is 0 Å². The average molecular weight is 709 g/mol. The highest BCUT2D eigenvalue weighted by molar-refractivity contribution is 5.98. The van der Waals surface area contributed by atoms with Crippen molar-refractivity contribution in [2.45, 2.75) is 26.2 Å². The zero-order valence-corrected chi connectivity index (χ0v) is 31.2. The zero-order chi connectivity index (χ0) is 37.1. The zero-order valence-electron chi connectivity index (χ0n) is 31.2. The van der Waals surface area contributed by atoms with Crippen LogP contribution in [-0.4, -0.2) is 0 Å². The molecule has 0 atom stereocenters. The Hall–Kier alpha value is -6.84. The van der Waals surface area contributed by atoms with Gasteiger partial charge in [-0.05, 0) is 106 Å². The largest absolute Gasteiger partial charge is 0.452 e. The molecule has 2 aliphatic rings. The molecule has 3 heteroatoms. The average Bonchev–Trinajstić information content (AvgIpc) is 3.23. The Balaban J connectivity index is 1.07. The number of aryl methyl sites for hydroxylation is 1. The normalized spacial score (nSPS) is 13.3. The second kappa shape index (κ2) is 12.9. The quantitative estimate of drug-likeness (QED) is 0.171. The molecule has 0 amide bonds. The van der Waals surface area contributed by atoms with Crippen molar-refractivity contribution >= 4 is 34.1 Å². The second-order valence-corrected chi connectivity index (χ2v) is 15.1. The molecule has 8 aromatic carbocycles. The topological polar surface area (TPSA) is 15.7 Å². The fourth-order valence-corrected chi connectivity index (χ4v) is 8.58. The molecule has 0 unspecified atom stereocenters. The molecule has 8 aromatic rings. The van der Waals surface area contributed by atoms with Crippen molar-refractivity contribution in [2.75, 3.05) is 9.80 Å². The third-order valence-corrected chi connectivity index (χ3v) is 11.3. The van der Waals surface area contributed by atoms with Gasteiger partial charge in [0.1, 0.15) is 0 Å². The van der Waals surface area contributed by atoms with E-state index in [1.54, 1.807) is 0 Å². The van der Waals surface area contributed by atoms with Crippen LogP contribution in [0.4, 0.5) is 34.1 Å². The standard InChI is InChI=1S/C52H40N2O/c1-35-15-12-26-48-49(35)54-47-25-11-10-24-45(47)52(2,3)46-32-31-44(51(55-48)50(46)54)40-20-13-18-38(33-40)39-19-14-23-43(34-39)53(41-21-8-5-9-22-41)42-29-27-37(28-30-42)36-16-6-4-7-17-36/h4-34H,1-3H3. The number of ether oxygens (including phenoxy) is 1. The summed E-state index contributed by atoms with van der Waals surface area (Å²) in [4.78, 5) is 4.78. The van der Waals surface area contributed by atoms with Gasteiger partial charge in [-0.2, -0.15) is 0 Å². The summed E-state index contributed by atoms with van der Waals surface area (Å²) in [5.74, 6) is 1.78. The molecule has 55 heavy (non-hydrogen) atoms. The van der Waals surface area contributed by atoms with Crippen molar-refractivity contribution < 1.29 is 4.74 Å². The van der Waals surface area contributed by atoms with Gasteiger partial charge in [0.05, 0.1) is 17.1 Å². The highest BCUT2D eigenvalue weighted by Crippen LogP contribution is 2.62. The number of hydrogen-bond donors (Lipinski definition) is 0. The maximum absolute atomic E-state index is 6.98. The maximum atomic E-state index is 6.98. The molecule has 3 nitrogen and oxygen atoms in total. The number of benzene rings is 8. The third kappa shape index (κ3) is 5.42. The second-order valence-electron chi connectivity index (χ2n) is 15.1. The third-order valence-electron chi connectivity index (χ3n) is 11.3. The van der Waals surface area contributed by atoms with Crippen LogP contribution >= 0.6 is 0 Å². The van der Waals surface area contributed by atoms with Crippen molar-refractivity contribution in [3.8, 4) is 44.9 Å². The molecule has 0 aliphatic carbocycles. The van der Waals surface area contributed by atoms with Crippen LogP contribution in [0.3, 0.4) is 0 Å². The van der Waals surface area contributed by atoms with Gasteiger partial charge in [0.2, 0.25) is 0 Å². The van der Waals surface area contributed by atoms with Crippen LogP contribution in [0, 0.1) is 6.92 Å². The van der Waals surface area contributed by atoms with Crippen molar-refractivity contribution in [3.63, 3.8) is 0 Å². The summed E-state index contributed by atoms with van der Waals surface area (Å²) >= 11 is 0. The van der Waals surface area contributed by atoms with E-state index in [9.17, 15) is 0 Å². The van der Waals surface area contributed by atoms with Gasteiger partial charge in [-0.15, -0.1) is 0 Å². The Labute approximate surface area is 323 Å². The lowest BCUT2D eigenvalue weighted by Crippen LogP contribution is -2.32. The molecule has 0 spiro atoms. The van der Waals surface area contributed by atoms with E-state index < -0.39 is 0 Å². The van der Waals surface area contributed by atoms with Crippen LogP contribution in [-0.2, 0) is 5.41 Å². The lowest BCUT2D eigenvalue weighted by molar-refractivity contribution is 0.472. The van der Waals surface area contributed by atoms with Gasteiger partial charge in [0.15, 0.2) is 11.5 Å². The van der Waals surface area contributed by atoms with Crippen LogP contribution in [0.1, 0.15) is 30.5 Å². The summed E-state index contributed by atoms with van der Waals surface area (Å²) < 4.78 is 6.98. The van der Waals surface area contributed by atoms with E-state index in [4.69, 9.17) is 4.74 Å². The molecule has 0 aromatic heterocycles. The predicted molar refractivity (Wildman–Crippen MR) is 229 cm³/mol. The number of fused-ring (bicyclic) bond motifs is 4. The molecule has 264 valence electrons. The molecular weight excluding hydrogens is 669 g/mol. The molecular formula is C52H40N2O. The lowest BCUT2D eigenvalue weighted by atomic mass is 9.72. The van der Waals surface area contributed by atoms with E-state index in [1.165, 1.54) is 33.5 Å². The van der Waals surface area contributed by atoms with E-state index >= 15 is 0 Å². The first-order valence-electron chi connectivity index (χ1n) is 19.0. The molecule has 10 rings (SSSR count). The molecule has 2 heterocycles. The summed E-state index contributed by atoms with van der Waals surface area (Å²) in [5, 5.41) is 0. The Bertz CT molecular complexity index is 2720. The Morgan fingerprint density at radius 1 is 0.455 bits per heavy atom. The molecule has 0 bridgehead atoms. The number of hydrogen-bond acceptors (Lipinski definition) is 3. The maximum Gasteiger partial charge on any atom is 0.159 e. The van der Waals surface area contributed by atoms with E-state index in [1.807, 2.05) is 0 Å². The lowest BCUT2D eigenvalue weighted by Gasteiger charge is -2.45. The van der Waals surface area contributed by atoms with Crippen LogP contribution in [0.2, 0.25) is 0 Å². The Morgan fingerprint density at radius 2 is 1.05 bits per heavy atom. The van der Waals surface area contributed by atoms with E-state index in [-0.39, 0.29) is 5.41 Å². The van der Waals surface area contributed by atoms with Crippen LogP contribution < -0.4 is 14.5 Å². The molecule has 0 saturated heterocycles.